The third kappa shape index (κ3) is 5.04. The quantitative estimate of drug-likeness (QED) is 0.440. The van der Waals surface area contributed by atoms with Crippen LogP contribution < -0.4 is 21.6 Å². The molecule has 0 fully saturated rings. The van der Waals surface area contributed by atoms with Crippen molar-refractivity contribution in [1.82, 2.24) is 0 Å². The Kier molecular flexibility index (Phi) is 7.43. The summed E-state index contributed by atoms with van der Waals surface area (Å²) < 4.78 is 0. The van der Waals surface area contributed by atoms with Crippen LogP contribution in [0.2, 0.25) is 0 Å². The van der Waals surface area contributed by atoms with Gasteiger partial charge in [-0.05, 0) is 55.2 Å². The van der Waals surface area contributed by atoms with Gasteiger partial charge in [0.15, 0.2) is 0 Å². The van der Waals surface area contributed by atoms with E-state index in [1.165, 1.54) is 40.7 Å². The van der Waals surface area contributed by atoms with Gasteiger partial charge in [-0.15, -0.1) is 0 Å². The first-order chi connectivity index (χ1) is 12.9. The minimum atomic E-state index is -0.514. The minimum Gasteiger partial charge on any atom is -0.330 e. The van der Waals surface area contributed by atoms with Crippen LogP contribution in [0.4, 0.5) is 0 Å². The Hall–Kier alpha value is -1.95. The molecule has 0 aliphatic heterocycles. The average molecular weight is 361 g/mol. The molecule has 0 atom stereocenters. The second kappa shape index (κ2) is 10.3. The molecule has 0 saturated carbocycles. The van der Waals surface area contributed by atoms with Gasteiger partial charge in [-0.2, -0.15) is 0 Å². The topological polar surface area (TPSA) is 26.0 Å². The fourth-order valence-corrected chi connectivity index (χ4v) is 5.84. The van der Waals surface area contributed by atoms with Crippen molar-refractivity contribution >= 4 is 23.8 Å². The summed E-state index contributed by atoms with van der Waals surface area (Å²) in [6.07, 6.45) is 6.04. The van der Waals surface area contributed by atoms with Gasteiger partial charge >= 0.3 is 0 Å². The van der Waals surface area contributed by atoms with Crippen LogP contribution in [-0.4, -0.2) is 6.54 Å². The van der Waals surface area contributed by atoms with E-state index in [9.17, 15) is 0 Å². The molecule has 0 spiro atoms. The molecule has 0 radical (unpaired) electrons. The summed E-state index contributed by atoms with van der Waals surface area (Å²) in [6.45, 7) is 0.809. The molecule has 0 aliphatic carbocycles. The van der Waals surface area contributed by atoms with Crippen LogP contribution in [0.25, 0.3) is 0 Å². The van der Waals surface area contributed by atoms with E-state index < -0.39 is 7.92 Å². The van der Waals surface area contributed by atoms with Crippen LogP contribution in [0.5, 0.6) is 0 Å². The summed E-state index contributed by atoms with van der Waals surface area (Å²) in [5.41, 5.74) is 7.12. The number of aryl methyl sites for hydroxylation is 1. The Morgan fingerprint density at radius 3 is 1.73 bits per heavy atom. The fraction of sp³-hybridized carbons (Fsp3) is 0.250. The maximum absolute atomic E-state index is 5.62. The first-order valence-electron chi connectivity index (χ1n) is 9.58. The van der Waals surface area contributed by atoms with Crippen molar-refractivity contribution in [2.45, 2.75) is 32.1 Å². The lowest BCUT2D eigenvalue weighted by Gasteiger charge is -2.22. The molecule has 134 valence electrons. The summed E-state index contributed by atoms with van der Waals surface area (Å²) in [6, 6.07) is 31.0. The predicted octanol–water partition coefficient (Wildman–Crippen LogP) is 4.51. The zero-order valence-corrected chi connectivity index (χ0v) is 16.2. The molecular formula is C24H28NP. The van der Waals surface area contributed by atoms with Crippen LogP contribution in [0.15, 0.2) is 84.9 Å². The lowest BCUT2D eigenvalue weighted by atomic mass is 10.1. The number of unbranched alkanes of at least 4 members (excludes halogenated alkanes) is 3. The Labute approximate surface area is 159 Å². The van der Waals surface area contributed by atoms with E-state index in [0.29, 0.717) is 0 Å². The molecule has 2 N–H and O–H groups in total. The molecule has 0 aromatic heterocycles. The van der Waals surface area contributed by atoms with E-state index in [-0.39, 0.29) is 0 Å². The van der Waals surface area contributed by atoms with Gasteiger partial charge in [0.2, 0.25) is 0 Å². The highest BCUT2D eigenvalue weighted by atomic mass is 31.1. The Morgan fingerprint density at radius 1 is 0.577 bits per heavy atom. The van der Waals surface area contributed by atoms with E-state index in [4.69, 9.17) is 5.73 Å². The Morgan fingerprint density at radius 2 is 1.12 bits per heavy atom. The van der Waals surface area contributed by atoms with Gasteiger partial charge in [-0.3, -0.25) is 0 Å². The first-order valence-corrected chi connectivity index (χ1v) is 10.9. The molecule has 2 heteroatoms. The summed E-state index contributed by atoms with van der Waals surface area (Å²) in [4.78, 5) is 0. The van der Waals surface area contributed by atoms with Crippen molar-refractivity contribution in [2.75, 3.05) is 6.54 Å². The highest BCUT2D eigenvalue weighted by molar-refractivity contribution is 7.79. The molecule has 0 aliphatic rings. The first kappa shape index (κ1) is 18.8. The molecule has 3 rings (SSSR count). The molecule has 0 amide bonds. The van der Waals surface area contributed by atoms with Crippen LogP contribution in [0.3, 0.4) is 0 Å². The van der Waals surface area contributed by atoms with Crippen LogP contribution in [0, 0.1) is 0 Å². The number of hydrogen-bond acceptors (Lipinski definition) is 1. The number of benzene rings is 3. The van der Waals surface area contributed by atoms with Gasteiger partial charge in [-0.25, -0.2) is 0 Å². The standard InChI is InChI=1S/C24H28NP/c25-20-12-2-1-5-13-21-14-10-11-19-24(21)26(22-15-6-3-7-16-22)23-17-8-4-9-18-23/h3-4,6-11,14-19H,1-2,5,12-13,20,25H2. The summed E-state index contributed by atoms with van der Waals surface area (Å²) in [5.74, 6) is 0. The van der Waals surface area contributed by atoms with Crippen molar-refractivity contribution < 1.29 is 0 Å². The van der Waals surface area contributed by atoms with Crippen LogP contribution in [-0.2, 0) is 6.42 Å². The zero-order chi connectivity index (χ0) is 18.0. The predicted molar refractivity (Wildman–Crippen MR) is 116 cm³/mol. The van der Waals surface area contributed by atoms with Gasteiger partial charge in [0, 0.05) is 0 Å². The van der Waals surface area contributed by atoms with Crippen molar-refractivity contribution in [3.05, 3.63) is 90.5 Å². The van der Waals surface area contributed by atoms with Crippen molar-refractivity contribution in [1.29, 1.82) is 0 Å². The highest BCUT2D eigenvalue weighted by Crippen LogP contribution is 2.34. The van der Waals surface area contributed by atoms with Gasteiger partial charge in [0.05, 0.1) is 0 Å². The zero-order valence-electron chi connectivity index (χ0n) is 15.4. The summed E-state index contributed by atoms with van der Waals surface area (Å²) in [7, 11) is -0.514. The molecule has 3 aromatic carbocycles. The second-order valence-electron chi connectivity index (χ2n) is 6.59. The molecule has 0 bridgehead atoms. The van der Waals surface area contributed by atoms with E-state index in [0.717, 1.165) is 19.4 Å². The van der Waals surface area contributed by atoms with Gasteiger partial charge in [0.1, 0.15) is 0 Å². The molecule has 0 unspecified atom stereocenters. The monoisotopic (exact) mass is 361 g/mol. The second-order valence-corrected chi connectivity index (χ2v) is 8.77. The number of rotatable bonds is 9. The smallest absolute Gasteiger partial charge is 0.00773 e. The highest BCUT2D eigenvalue weighted by Gasteiger charge is 2.18. The third-order valence-electron chi connectivity index (χ3n) is 4.66. The fourth-order valence-electron chi connectivity index (χ4n) is 3.34. The van der Waals surface area contributed by atoms with E-state index in [1.54, 1.807) is 0 Å². The lowest BCUT2D eigenvalue weighted by molar-refractivity contribution is 0.647. The maximum atomic E-state index is 5.62. The van der Waals surface area contributed by atoms with Crippen LogP contribution in [0.1, 0.15) is 31.2 Å². The van der Waals surface area contributed by atoms with E-state index in [2.05, 4.69) is 84.9 Å². The van der Waals surface area contributed by atoms with Crippen molar-refractivity contribution in [3.63, 3.8) is 0 Å². The summed E-state index contributed by atoms with van der Waals surface area (Å²) in [5, 5.41) is 4.34. The van der Waals surface area contributed by atoms with Gasteiger partial charge in [-0.1, -0.05) is 97.8 Å². The number of nitrogens with two attached hydrogens (primary N) is 1. The Balaban J connectivity index is 1.90. The largest absolute Gasteiger partial charge is 0.330 e. The van der Waals surface area contributed by atoms with Crippen molar-refractivity contribution in [3.8, 4) is 0 Å². The molecule has 1 nitrogen and oxygen atoms in total. The Bertz CT molecular complexity index is 731. The molecule has 0 saturated heterocycles. The summed E-state index contributed by atoms with van der Waals surface area (Å²) >= 11 is 0. The lowest BCUT2D eigenvalue weighted by Crippen LogP contribution is -2.23. The molecule has 26 heavy (non-hydrogen) atoms. The number of hydrogen-bond donors (Lipinski definition) is 1. The molecule has 3 aromatic rings. The van der Waals surface area contributed by atoms with Gasteiger partial charge in [0.25, 0.3) is 0 Å². The maximum Gasteiger partial charge on any atom is -0.00773 e. The van der Waals surface area contributed by atoms with Crippen LogP contribution >= 0.6 is 7.92 Å². The van der Waals surface area contributed by atoms with E-state index in [1.807, 2.05) is 0 Å². The van der Waals surface area contributed by atoms with Crippen molar-refractivity contribution in [2.24, 2.45) is 5.73 Å². The average Bonchev–Trinajstić information content (AvgIpc) is 2.71. The van der Waals surface area contributed by atoms with Gasteiger partial charge < -0.3 is 5.73 Å². The molecular weight excluding hydrogens is 333 g/mol. The van der Waals surface area contributed by atoms with E-state index >= 15 is 0 Å². The minimum absolute atomic E-state index is 0.514. The SMILES string of the molecule is NCCCCCCc1ccccc1P(c1ccccc1)c1ccccc1. The molecule has 0 heterocycles. The normalized spacial score (nSPS) is 11.0. The third-order valence-corrected chi connectivity index (χ3v) is 7.21.